The lowest BCUT2D eigenvalue weighted by Crippen LogP contribution is -2.53. The number of halogens is 2. The van der Waals surface area contributed by atoms with Crippen molar-refractivity contribution in [1.29, 1.82) is 0 Å². The fourth-order valence-corrected chi connectivity index (χ4v) is 6.98. The molecule has 1 aliphatic carbocycles. The van der Waals surface area contributed by atoms with E-state index in [1.54, 1.807) is 6.92 Å². The smallest absolute Gasteiger partial charge is 0.415 e. The van der Waals surface area contributed by atoms with Crippen molar-refractivity contribution in [3.05, 3.63) is 35.4 Å². The van der Waals surface area contributed by atoms with Crippen LogP contribution in [0.5, 0.6) is 0 Å². The number of amidine groups is 1. The second-order valence-corrected chi connectivity index (χ2v) is 18.9. The Morgan fingerprint density at radius 2 is 1.94 bits per heavy atom. The highest BCUT2D eigenvalue weighted by molar-refractivity contribution is 8.16. The van der Waals surface area contributed by atoms with E-state index in [0.717, 1.165) is 28.8 Å². The van der Waals surface area contributed by atoms with Gasteiger partial charge in [-0.05, 0) is 32.4 Å². The zero-order valence-corrected chi connectivity index (χ0v) is 23.6. The zero-order valence-electron chi connectivity index (χ0n) is 21.7. The molecule has 1 unspecified atom stereocenters. The first-order chi connectivity index (χ1) is 15.9. The molecule has 1 amide bonds. The van der Waals surface area contributed by atoms with E-state index in [1.165, 1.54) is 19.1 Å². The number of ether oxygens (including phenoxy) is 1. The van der Waals surface area contributed by atoms with Gasteiger partial charge in [0.15, 0.2) is 16.8 Å². The van der Waals surface area contributed by atoms with Crippen molar-refractivity contribution < 1.29 is 28.2 Å². The minimum absolute atomic E-state index is 0.0146. The maximum atomic E-state index is 15.0. The van der Waals surface area contributed by atoms with E-state index in [0.29, 0.717) is 13.0 Å². The summed E-state index contributed by atoms with van der Waals surface area (Å²) in [6, 6.07) is 4.73. The van der Waals surface area contributed by atoms with Crippen molar-refractivity contribution in [2.24, 2.45) is 16.3 Å². The van der Waals surface area contributed by atoms with Crippen LogP contribution >= 0.6 is 11.8 Å². The number of rotatable bonds is 7. The van der Waals surface area contributed by atoms with Crippen LogP contribution in [0.25, 0.3) is 0 Å². The number of carbonyl (C=O) groups excluding carboxylic acids is 1. The average Bonchev–Trinajstić information content (AvgIpc) is 3.45. The number of nitrogens with zero attached hydrogens (tertiary/aromatic N) is 2. The molecular formula is C25H36F2N2O4SSi. The summed E-state index contributed by atoms with van der Waals surface area (Å²) < 4.78 is 34.4. The van der Waals surface area contributed by atoms with Gasteiger partial charge in [-0.2, -0.15) is 0 Å². The predicted molar refractivity (Wildman–Crippen MR) is 137 cm³/mol. The Kier molecular flexibility index (Phi) is 7.36. The Bertz CT molecular complexity index is 1050. The van der Waals surface area contributed by atoms with E-state index in [-0.39, 0.29) is 22.4 Å². The molecule has 0 radical (unpaired) electrons. The first-order valence-electron chi connectivity index (χ1n) is 11.8. The standard InChI is InChI=1S/C25H36F2N2O4SSi/c1-15(30)25-14-18(25)24(5,16-10-9-11-17(26)19(16)27)28-21(34-25)29(22(31)32)20(23(2,3)4)33-12-13-35(6,7)8/h9-11,18,20H,12-14H2,1-8H3,(H,31,32)/t18-,20?,24+,25+/m0/s1. The molecular weight excluding hydrogens is 490 g/mol. The lowest BCUT2D eigenvalue weighted by atomic mass is 9.85. The number of amides is 1. The van der Waals surface area contributed by atoms with E-state index in [2.05, 4.69) is 19.6 Å². The first-order valence-corrected chi connectivity index (χ1v) is 16.3. The molecule has 0 aromatic heterocycles. The quantitative estimate of drug-likeness (QED) is 0.331. The highest BCUT2D eigenvalue weighted by Gasteiger charge is 2.70. The van der Waals surface area contributed by atoms with Gasteiger partial charge >= 0.3 is 6.09 Å². The highest BCUT2D eigenvalue weighted by atomic mass is 32.2. The summed E-state index contributed by atoms with van der Waals surface area (Å²) in [4.78, 5) is 31.3. The van der Waals surface area contributed by atoms with Gasteiger partial charge in [0.1, 0.15) is 12.0 Å². The van der Waals surface area contributed by atoms with E-state index in [9.17, 15) is 23.5 Å². The van der Waals surface area contributed by atoms with E-state index >= 15 is 0 Å². The molecule has 1 heterocycles. The molecule has 1 aromatic carbocycles. The van der Waals surface area contributed by atoms with Crippen molar-refractivity contribution in [2.45, 2.75) is 83.2 Å². The van der Waals surface area contributed by atoms with Gasteiger partial charge in [0.2, 0.25) is 0 Å². The molecule has 1 aliphatic heterocycles. The molecule has 6 nitrogen and oxygen atoms in total. The van der Waals surface area contributed by atoms with Gasteiger partial charge in [-0.1, -0.05) is 64.3 Å². The second kappa shape index (κ2) is 9.26. The minimum atomic E-state index is -1.44. The number of aliphatic imine (C=N–C) groups is 1. The summed E-state index contributed by atoms with van der Waals surface area (Å²) in [5.74, 6) is -2.56. The van der Waals surface area contributed by atoms with Crippen LogP contribution in [-0.4, -0.2) is 52.7 Å². The zero-order chi connectivity index (χ0) is 26.6. The van der Waals surface area contributed by atoms with Crippen molar-refractivity contribution >= 4 is 36.9 Å². The number of Topliss-reactive ketones (excluding diaryl/α,β-unsaturated/α-hetero) is 1. The summed E-state index contributed by atoms with van der Waals surface area (Å²) in [6.45, 7) is 15.7. The van der Waals surface area contributed by atoms with Gasteiger partial charge in [-0.3, -0.25) is 9.79 Å². The molecule has 1 N–H and O–H groups in total. The predicted octanol–water partition coefficient (Wildman–Crippen LogP) is 6.34. The lowest BCUT2D eigenvalue weighted by Gasteiger charge is -2.42. The van der Waals surface area contributed by atoms with Gasteiger partial charge in [0.25, 0.3) is 0 Å². The number of hydrogen-bond acceptors (Lipinski definition) is 5. The molecule has 4 atom stereocenters. The maximum Gasteiger partial charge on any atom is 0.415 e. The first kappa shape index (κ1) is 27.8. The van der Waals surface area contributed by atoms with Crippen LogP contribution in [0, 0.1) is 23.0 Å². The van der Waals surface area contributed by atoms with Gasteiger partial charge in [-0.25, -0.2) is 18.5 Å². The van der Waals surface area contributed by atoms with Crippen molar-refractivity contribution in [2.75, 3.05) is 6.61 Å². The molecule has 35 heavy (non-hydrogen) atoms. The normalized spacial score (nSPS) is 27.0. The second-order valence-electron chi connectivity index (χ2n) is 12.0. The largest absolute Gasteiger partial charge is 0.465 e. The van der Waals surface area contributed by atoms with E-state index < -0.39 is 47.7 Å². The van der Waals surface area contributed by atoms with Gasteiger partial charge in [-0.15, -0.1) is 0 Å². The molecule has 3 rings (SSSR count). The lowest BCUT2D eigenvalue weighted by molar-refractivity contribution is -0.117. The molecule has 0 spiro atoms. The van der Waals surface area contributed by atoms with Crippen molar-refractivity contribution in [3.63, 3.8) is 0 Å². The minimum Gasteiger partial charge on any atom is -0.465 e. The Morgan fingerprint density at radius 1 is 1.31 bits per heavy atom. The van der Waals surface area contributed by atoms with Crippen LogP contribution in [-0.2, 0) is 15.1 Å². The molecule has 1 saturated carbocycles. The van der Waals surface area contributed by atoms with Gasteiger partial charge in [0.05, 0.1) is 10.3 Å². The fraction of sp³-hybridized carbons (Fsp3) is 0.640. The van der Waals surface area contributed by atoms with Crippen LogP contribution in [0.3, 0.4) is 0 Å². The Labute approximate surface area is 211 Å². The van der Waals surface area contributed by atoms with Crippen LogP contribution in [0.15, 0.2) is 23.2 Å². The number of fused-ring (bicyclic) bond motifs is 1. The van der Waals surface area contributed by atoms with Crippen LogP contribution in [0.1, 0.15) is 46.6 Å². The molecule has 1 aromatic rings. The molecule has 194 valence electrons. The molecule has 0 saturated heterocycles. The number of hydrogen-bond donors (Lipinski definition) is 1. The van der Waals surface area contributed by atoms with E-state index in [4.69, 9.17) is 9.73 Å². The third-order valence-electron chi connectivity index (χ3n) is 6.80. The summed E-state index contributed by atoms with van der Waals surface area (Å²) in [7, 11) is -1.44. The van der Waals surface area contributed by atoms with Gasteiger partial charge in [0, 0.05) is 31.6 Å². The number of thioether (sulfide) groups is 1. The van der Waals surface area contributed by atoms with Gasteiger partial charge < -0.3 is 9.84 Å². The van der Waals surface area contributed by atoms with Crippen LogP contribution in [0.2, 0.25) is 25.7 Å². The maximum absolute atomic E-state index is 15.0. The monoisotopic (exact) mass is 526 g/mol. The highest BCUT2D eigenvalue weighted by Crippen LogP contribution is 2.67. The number of ketones is 1. The fourth-order valence-electron chi connectivity index (χ4n) is 4.65. The topological polar surface area (TPSA) is 79.2 Å². The van der Waals surface area contributed by atoms with Crippen molar-refractivity contribution in [1.82, 2.24) is 4.90 Å². The number of benzene rings is 1. The Balaban J connectivity index is 2.12. The molecule has 2 aliphatic rings. The molecule has 10 heteroatoms. The average molecular weight is 527 g/mol. The summed E-state index contributed by atoms with van der Waals surface area (Å²) in [6.07, 6.45) is -1.76. The summed E-state index contributed by atoms with van der Waals surface area (Å²) >= 11 is 1.10. The number of carboxylic acid groups (broad SMARTS) is 1. The summed E-state index contributed by atoms with van der Waals surface area (Å²) in [5.41, 5.74) is -1.92. The van der Waals surface area contributed by atoms with Crippen molar-refractivity contribution in [3.8, 4) is 0 Å². The summed E-state index contributed by atoms with van der Waals surface area (Å²) in [5, 5.41) is 10.4. The SMILES string of the molecule is CC(=O)[C@]12C[C@H]1[C@@](C)(c1cccc(F)c1F)N=C(N(C(=O)O)C(OCC[Si](C)(C)C)C(C)(C)C)S2. The third-order valence-corrected chi connectivity index (χ3v) is 10.1. The molecule has 0 bridgehead atoms. The third kappa shape index (κ3) is 5.34. The number of carbonyl (C=O) groups is 2. The Hall–Kier alpha value is -1.78. The van der Waals surface area contributed by atoms with Crippen LogP contribution < -0.4 is 0 Å². The Morgan fingerprint density at radius 3 is 2.46 bits per heavy atom. The molecule has 1 fully saturated rings. The van der Waals surface area contributed by atoms with E-state index in [1.807, 2.05) is 20.8 Å². The van der Waals surface area contributed by atoms with Crippen LogP contribution in [0.4, 0.5) is 13.6 Å².